The van der Waals surface area contributed by atoms with Gasteiger partial charge in [-0.15, -0.1) is 0 Å². The molecule has 3 rings (SSSR count). The Labute approximate surface area is 155 Å². The Morgan fingerprint density at radius 2 is 1.92 bits per heavy atom. The first-order chi connectivity index (χ1) is 12.6. The van der Waals surface area contributed by atoms with Crippen LogP contribution in [0.1, 0.15) is 39.9 Å². The number of hydrogen-bond acceptors (Lipinski definition) is 3. The van der Waals surface area contributed by atoms with Crippen molar-refractivity contribution in [1.82, 2.24) is 4.90 Å². The maximum Gasteiger partial charge on any atom is 0.255 e. The van der Waals surface area contributed by atoms with Crippen LogP contribution >= 0.6 is 0 Å². The average Bonchev–Trinajstić information content (AvgIpc) is 3.47. The number of aliphatic hydroxyl groups is 1. The number of carbonyl (C=O) groups is 1. The molecule has 0 saturated heterocycles. The monoisotopic (exact) mass is 352 g/mol. The van der Waals surface area contributed by atoms with E-state index in [2.05, 4.69) is 23.2 Å². The van der Waals surface area contributed by atoms with Crippen LogP contribution in [0.2, 0.25) is 0 Å². The van der Waals surface area contributed by atoms with Crippen molar-refractivity contribution in [2.75, 3.05) is 25.0 Å². The summed E-state index contributed by atoms with van der Waals surface area (Å²) in [4.78, 5) is 14.9. The first kappa shape index (κ1) is 18.6. The van der Waals surface area contributed by atoms with E-state index in [0.29, 0.717) is 11.6 Å². The summed E-state index contributed by atoms with van der Waals surface area (Å²) in [6.07, 6.45) is 3.36. The minimum absolute atomic E-state index is 0.0792. The Balaban J connectivity index is 1.62. The normalized spacial score (nSPS) is 13.8. The molecule has 4 heteroatoms. The minimum Gasteiger partial charge on any atom is -0.395 e. The van der Waals surface area contributed by atoms with E-state index >= 15 is 0 Å². The minimum atomic E-state index is -0.0792. The van der Waals surface area contributed by atoms with Gasteiger partial charge in [-0.1, -0.05) is 18.2 Å². The number of hydrogen-bond donors (Lipinski definition) is 2. The van der Waals surface area contributed by atoms with Crippen LogP contribution in [0.3, 0.4) is 0 Å². The summed E-state index contributed by atoms with van der Waals surface area (Å²) in [7, 11) is 0. The van der Waals surface area contributed by atoms with Crippen molar-refractivity contribution in [3.05, 3.63) is 64.7 Å². The molecular formula is C22H28N2O2. The van der Waals surface area contributed by atoms with Gasteiger partial charge < -0.3 is 10.4 Å². The highest BCUT2D eigenvalue weighted by Gasteiger charge is 2.27. The summed E-state index contributed by atoms with van der Waals surface area (Å²) in [5.74, 6) is -0.0792. The van der Waals surface area contributed by atoms with Gasteiger partial charge in [0.2, 0.25) is 0 Å². The van der Waals surface area contributed by atoms with Crippen LogP contribution in [0, 0.1) is 13.8 Å². The van der Waals surface area contributed by atoms with Gasteiger partial charge in [0.05, 0.1) is 6.61 Å². The van der Waals surface area contributed by atoms with Crippen LogP contribution in [-0.4, -0.2) is 41.7 Å². The van der Waals surface area contributed by atoms with E-state index < -0.39 is 0 Å². The number of aryl methyl sites for hydroxylation is 2. The zero-order valence-electron chi connectivity index (χ0n) is 15.7. The Kier molecular flexibility index (Phi) is 6.07. The molecule has 1 aliphatic rings. The molecule has 0 aromatic heterocycles. The first-order valence-electron chi connectivity index (χ1n) is 9.39. The van der Waals surface area contributed by atoms with Gasteiger partial charge in [0.25, 0.3) is 5.91 Å². The Morgan fingerprint density at radius 3 is 2.62 bits per heavy atom. The standard InChI is InChI=1S/C22H28N2O2/c1-16-6-7-20(14-17(16)2)23-22(26)19-5-3-4-18(15-19)10-11-24(12-13-25)21-8-9-21/h3-7,14-15,21,25H,8-13H2,1-2H3,(H,23,26). The van der Waals surface area contributed by atoms with Crippen LogP contribution in [0.25, 0.3) is 0 Å². The van der Waals surface area contributed by atoms with Crippen molar-refractivity contribution in [3.8, 4) is 0 Å². The van der Waals surface area contributed by atoms with Gasteiger partial charge >= 0.3 is 0 Å². The summed E-state index contributed by atoms with van der Waals surface area (Å²) in [5, 5.41) is 12.2. The molecule has 2 aromatic carbocycles. The number of nitrogens with one attached hydrogen (secondary N) is 1. The summed E-state index contributed by atoms with van der Waals surface area (Å²) >= 11 is 0. The lowest BCUT2D eigenvalue weighted by Crippen LogP contribution is -2.31. The molecule has 0 unspecified atom stereocenters. The lowest BCUT2D eigenvalue weighted by atomic mass is 10.1. The van der Waals surface area contributed by atoms with E-state index in [0.717, 1.165) is 30.8 Å². The van der Waals surface area contributed by atoms with Crippen molar-refractivity contribution in [2.45, 2.75) is 39.2 Å². The Hall–Kier alpha value is -2.17. The number of anilines is 1. The van der Waals surface area contributed by atoms with Gasteiger partial charge in [-0.2, -0.15) is 0 Å². The van der Waals surface area contributed by atoms with Gasteiger partial charge in [0.15, 0.2) is 0 Å². The average molecular weight is 352 g/mol. The third kappa shape index (κ3) is 4.93. The molecule has 0 aliphatic heterocycles. The number of amides is 1. The molecular weight excluding hydrogens is 324 g/mol. The molecule has 26 heavy (non-hydrogen) atoms. The maximum atomic E-state index is 12.6. The van der Waals surface area contributed by atoms with Crippen molar-refractivity contribution in [3.63, 3.8) is 0 Å². The van der Waals surface area contributed by atoms with E-state index in [1.165, 1.54) is 24.0 Å². The Bertz CT molecular complexity index is 768. The number of carbonyl (C=O) groups excluding carboxylic acids is 1. The predicted octanol–water partition coefficient (Wildman–Crippen LogP) is 3.55. The van der Waals surface area contributed by atoms with Crippen LogP contribution in [0.15, 0.2) is 42.5 Å². The van der Waals surface area contributed by atoms with Gasteiger partial charge in [0, 0.05) is 30.4 Å². The fourth-order valence-corrected chi connectivity index (χ4v) is 3.21. The quantitative estimate of drug-likeness (QED) is 0.764. The number of nitrogens with zero attached hydrogens (tertiary/aromatic N) is 1. The molecule has 0 heterocycles. The number of rotatable bonds is 8. The van der Waals surface area contributed by atoms with Crippen molar-refractivity contribution in [1.29, 1.82) is 0 Å². The summed E-state index contributed by atoms with van der Waals surface area (Å²) in [5.41, 5.74) is 5.04. The second-order valence-electron chi connectivity index (χ2n) is 7.19. The smallest absolute Gasteiger partial charge is 0.255 e. The molecule has 1 aliphatic carbocycles. The molecule has 1 saturated carbocycles. The van der Waals surface area contributed by atoms with Crippen LogP contribution in [0.4, 0.5) is 5.69 Å². The zero-order chi connectivity index (χ0) is 18.5. The molecule has 0 bridgehead atoms. The van der Waals surface area contributed by atoms with E-state index in [4.69, 9.17) is 0 Å². The third-order valence-electron chi connectivity index (χ3n) is 5.09. The first-order valence-corrected chi connectivity index (χ1v) is 9.39. The lowest BCUT2D eigenvalue weighted by Gasteiger charge is -2.20. The highest BCUT2D eigenvalue weighted by molar-refractivity contribution is 6.04. The summed E-state index contributed by atoms with van der Waals surface area (Å²) in [6, 6.07) is 14.4. The molecule has 2 N–H and O–H groups in total. The van der Waals surface area contributed by atoms with Gasteiger partial charge in [-0.05, 0) is 74.1 Å². The van der Waals surface area contributed by atoms with Gasteiger partial charge in [0.1, 0.15) is 0 Å². The van der Waals surface area contributed by atoms with E-state index in [1.807, 2.05) is 43.3 Å². The number of aliphatic hydroxyl groups excluding tert-OH is 1. The molecule has 0 radical (unpaired) electrons. The predicted molar refractivity (Wildman–Crippen MR) is 106 cm³/mol. The maximum absolute atomic E-state index is 12.6. The molecule has 1 amide bonds. The zero-order valence-corrected chi connectivity index (χ0v) is 15.7. The fraction of sp³-hybridized carbons (Fsp3) is 0.409. The SMILES string of the molecule is Cc1ccc(NC(=O)c2cccc(CCN(CCO)C3CC3)c2)cc1C. The molecule has 138 valence electrons. The highest BCUT2D eigenvalue weighted by atomic mass is 16.3. The molecule has 1 fully saturated rings. The largest absolute Gasteiger partial charge is 0.395 e. The Morgan fingerprint density at radius 1 is 1.12 bits per heavy atom. The second kappa shape index (κ2) is 8.47. The van der Waals surface area contributed by atoms with Crippen molar-refractivity contribution in [2.24, 2.45) is 0 Å². The van der Waals surface area contributed by atoms with Crippen molar-refractivity contribution >= 4 is 11.6 Å². The van der Waals surface area contributed by atoms with E-state index in [9.17, 15) is 9.90 Å². The topological polar surface area (TPSA) is 52.6 Å². The lowest BCUT2D eigenvalue weighted by molar-refractivity contribution is 0.102. The second-order valence-corrected chi connectivity index (χ2v) is 7.19. The molecule has 2 aromatic rings. The molecule has 4 nitrogen and oxygen atoms in total. The fourth-order valence-electron chi connectivity index (χ4n) is 3.21. The van der Waals surface area contributed by atoms with E-state index in [-0.39, 0.29) is 12.5 Å². The molecule has 0 spiro atoms. The molecule has 0 atom stereocenters. The third-order valence-corrected chi connectivity index (χ3v) is 5.09. The van der Waals surface area contributed by atoms with Crippen LogP contribution < -0.4 is 5.32 Å². The van der Waals surface area contributed by atoms with Crippen LogP contribution in [0.5, 0.6) is 0 Å². The van der Waals surface area contributed by atoms with Crippen LogP contribution in [-0.2, 0) is 6.42 Å². The van der Waals surface area contributed by atoms with Gasteiger partial charge in [-0.25, -0.2) is 0 Å². The van der Waals surface area contributed by atoms with Crippen molar-refractivity contribution < 1.29 is 9.90 Å². The van der Waals surface area contributed by atoms with Gasteiger partial charge in [-0.3, -0.25) is 9.69 Å². The highest BCUT2D eigenvalue weighted by Crippen LogP contribution is 2.26. The number of benzene rings is 2. The summed E-state index contributed by atoms with van der Waals surface area (Å²) < 4.78 is 0. The summed E-state index contributed by atoms with van der Waals surface area (Å²) in [6.45, 7) is 5.97. The van der Waals surface area contributed by atoms with E-state index in [1.54, 1.807) is 0 Å².